The standard InChI is InChI=1S/C10H18.C5H11N.C3H4.CH4O/c1-4-5-6-7-8-9-10(2)3;1-6-4-2-3-5-6;1-3-2;1-2/h5-8,10H,4,9H2,1-3H3;2-5H2,1H3;1H,2H3;2H,1H3/b6-5-,8-7-;;;. The molecule has 1 rings (SSSR count). The number of nitrogens with zero attached hydrogens (tertiary/aromatic N) is 1. The number of hydrogen-bond acceptors (Lipinski definition) is 2. The Bertz CT molecular complexity index is 255. The van der Waals surface area contributed by atoms with E-state index in [4.69, 9.17) is 5.11 Å². The molecule has 0 saturated carbocycles. The van der Waals surface area contributed by atoms with Crippen molar-refractivity contribution in [1.82, 2.24) is 4.90 Å². The van der Waals surface area contributed by atoms with E-state index in [1.54, 1.807) is 6.92 Å². The Balaban J connectivity index is -0.000000249. The maximum absolute atomic E-state index is 7.00. The monoisotopic (exact) mass is 295 g/mol. The van der Waals surface area contributed by atoms with Crippen LogP contribution in [0.2, 0.25) is 0 Å². The van der Waals surface area contributed by atoms with Crippen LogP contribution >= 0.6 is 0 Å². The Morgan fingerprint density at radius 1 is 1.14 bits per heavy atom. The minimum atomic E-state index is 0.784. The van der Waals surface area contributed by atoms with Crippen molar-refractivity contribution in [3.05, 3.63) is 24.3 Å². The molecule has 1 aliphatic rings. The fourth-order valence-electron chi connectivity index (χ4n) is 1.52. The molecule has 0 unspecified atom stereocenters. The van der Waals surface area contributed by atoms with Gasteiger partial charge in [0.1, 0.15) is 0 Å². The van der Waals surface area contributed by atoms with E-state index in [0.29, 0.717) is 0 Å². The minimum Gasteiger partial charge on any atom is -0.400 e. The van der Waals surface area contributed by atoms with Gasteiger partial charge in [-0.15, -0.1) is 12.3 Å². The highest BCUT2D eigenvalue weighted by atomic mass is 16.2. The number of aliphatic hydroxyl groups is 1. The molecule has 0 spiro atoms. The van der Waals surface area contributed by atoms with Gasteiger partial charge in [0.05, 0.1) is 0 Å². The van der Waals surface area contributed by atoms with E-state index >= 15 is 0 Å². The number of allylic oxidation sites excluding steroid dienone is 4. The lowest BCUT2D eigenvalue weighted by Gasteiger charge is -2.01. The van der Waals surface area contributed by atoms with Gasteiger partial charge in [0.15, 0.2) is 0 Å². The maximum atomic E-state index is 7.00. The van der Waals surface area contributed by atoms with E-state index in [1.807, 2.05) is 0 Å². The SMILES string of the molecule is C#CC.CC/C=C\C=C/CC(C)C.CN1CCCC1.CO. The normalized spacial score (nSPS) is 13.9. The topological polar surface area (TPSA) is 23.5 Å². The van der Waals surface area contributed by atoms with E-state index in [9.17, 15) is 0 Å². The highest BCUT2D eigenvalue weighted by Crippen LogP contribution is 2.02. The molecule has 1 fully saturated rings. The molecule has 0 aromatic heterocycles. The first-order valence-electron chi connectivity index (χ1n) is 7.90. The predicted octanol–water partition coefficient (Wildman–Crippen LogP) is 4.51. The van der Waals surface area contributed by atoms with Crippen molar-refractivity contribution in [3.8, 4) is 12.3 Å². The third-order valence-corrected chi connectivity index (χ3v) is 2.56. The second-order valence-electron chi connectivity index (χ2n) is 5.19. The highest BCUT2D eigenvalue weighted by Gasteiger charge is 2.03. The van der Waals surface area contributed by atoms with Crippen LogP contribution in [0.25, 0.3) is 0 Å². The lowest BCUT2D eigenvalue weighted by atomic mass is 10.1. The van der Waals surface area contributed by atoms with Crippen molar-refractivity contribution in [2.24, 2.45) is 5.92 Å². The molecule has 1 aliphatic heterocycles. The summed E-state index contributed by atoms with van der Waals surface area (Å²) in [7, 11) is 3.17. The first-order chi connectivity index (χ1) is 10.1. The zero-order chi connectivity index (χ0) is 16.9. The predicted molar refractivity (Wildman–Crippen MR) is 97.4 cm³/mol. The van der Waals surface area contributed by atoms with Gasteiger partial charge in [0.25, 0.3) is 0 Å². The molecule has 0 bridgehead atoms. The summed E-state index contributed by atoms with van der Waals surface area (Å²) < 4.78 is 0. The second kappa shape index (κ2) is 24.0. The second-order valence-corrected chi connectivity index (χ2v) is 5.19. The fraction of sp³-hybridized carbons (Fsp3) is 0.684. The molecule has 0 aromatic carbocycles. The third-order valence-electron chi connectivity index (χ3n) is 2.56. The van der Waals surface area contributed by atoms with Crippen LogP contribution in [0.4, 0.5) is 0 Å². The van der Waals surface area contributed by atoms with Crippen molar-refractivity contribution in [1.29, 1.82) is 0 Å². The van der Waals surface area contributed by atoms with Crippen molar-refractivity contribution in [2.45, 2.75) is 53.4 Å². The van der Waals surface area contributed by atoms with Gasteiger partial charge in [-0.3, -0.25) is 0 Å². The minimum absolute atomic E-state index is 0.784. The average molecular weight is 296 g/mol. The maximum Gasteiger partial charge on any atom is 0.0319 e. The van der Waals surface area contributed by atoms with Gasteiger partial charge < -0.3 is 10.0 Å². The molecule has 21 heavy (non-hydrogen) atoms. The van der Waals surface area contributed by atoms with Gasteiger partial charge in [-0.25, -0.2) is 0 Å². The first-order valence-corrected chi connectivity index (χ1v) is 7.90. The van der Waals surface area contributed by atoms with Crippen molar-refractivity contribution < 1.29 is 5.11 Å². The molecule has 1 saturated heterocycles. The van der Waals surface area contributed by atoms with E-state index in [2.05, 4.69) is 69.4 Å². The van der Waals surface area contributed by atoms with Crippen LogP contribution in [0.3, 0.4) is 0 Å². The Morgan fingerprint density at radius 3 is 1.86 bits per heavy atom. The molecule has 0 radical (unpaired) electrons. The Kier molecular flexibility index (Phi) is 28.5. The van der Waals surface area contributed by atoms with Crippen molar-refractivity contribution in [3.63, 3.8) is 0 Å². The largest absolute Gasteiger partial charge is 0.400 e. The van der Waals surface area contributed by atoms with E-state index in [-0.39, 0.29) is 0 Å². The third kappa shape index (κ3) is 32.5. The number of hydrogen-bond donors (Lipinski definition) is 1. The van der Waals surface area contributed by atoms with E-state index in [1.165, 1.54) is 32.4 Å². The molecule has 1 heterocycles. The van der Waals surface area contributed by atoms with Crippen LogP contribution in [0.5, 0.6) is 0 Å². The molecule has 0 aliphatic carbocycles. The average Bonchev–Trinajstić information content (AvgIpc) is 2.93. The molecular weight excluding hydrogens is 258 g/mol. The summed E-state index contributed by atoms with van der Waals surface area (Å²) >= 11 is 0. The van der Waals surface area contributed by atoms with Crippen molar-refractivity contribution in [2.75, 3.05) is 27.2 Å². The van der Waals surface area contributed by atoms with Gasteiger partial charge in [-0.1, -0.05) is 45.1 Å². The Hall–Kier alpha value is -1.04. The van der Waals surface area contributed by atoms with Gasteiger partial charge >= 0.3 is 0 Å². The summed E-state index contributed by atoms with van der Waals surface area (Å²) in [5, 5.41) is 7.00. The van der Waals surface area contributed by atoms with Crippen LogP contribution in [-0.2, 0) is 0 Å². The molecule has 2 nitrogen and oxygen atoms in total. The molecule has 0 aromatic rings. The lowest BCUT2D eigenvalue weighted by molar-refractivity contribution is 0.399. The molecule has 1 N–H and O–H groups in total. The van der Waals surface area contributed by atoms with Crippen molar-refractivity contribution >= 4 is 0 Å². The van der Waals surface area contributed by atoms with Crippen LogP contribution in [-0.4, -0.2) is 37.3 Å². The molecule has 2 heteroatoms. The summed E-state index contributed by atoms with van der Waals surface area (Å²) in [4.78, 5) is 2.36. The van der Waals surface area contributed by atoms with Crippen LogP contribution < -0.4 is 0 Å². The van der Waals surface area contributed by atoms with E-state index < -0.39 is 0 Å². The van der Waals surface area contributed by atoms with Gasteiger partial charge in [0.2, 0.25) is 0 Å². The fourth-order valence-corrected chi connectivity index (χ4v) is 1.52. The highest BCUT2D eigenvalue weighted by molar-refractivity contribution is 5.01. The zero-order valence-electron chi connectivity index (χ0n) is 15.1. The lowest BCUT2D eigenvalue weighted by Crippen LogP contribution is -2.10. The molecule has 0 amide bonds. The first kappa shape index (κ1) is 24.9. The summed E-state index contributed by atoms with van der Waals surface area (Å²) in [5.41, 5.74) is 0. The van der Waals surface area contributed by atoms with Crippen LogP contribution in [0, 0.1) is 18.3 Å². The zero-order valence-corrected chi connectivity index (χ0v) is 15.1. The quantitative estimate of drug-likeness (QED) is 0.609. The Labute approximate surface area is 133 Å². The molecule has 0 atom stereocenters. The number of aliphatic hydroxyl groups excluding tert-OH is 1. The van der Waals surface area contributed by atoms with Gasteiger partial charge in [0, 0.05) is 7.11 Å². The summed E-state index contributed by atoms with van der Waals surface area (Å²) in [6, 6.07) is 0. The molecular formula is C19H37NO. The summed E-state index contributed by atoms with van der Waals surface area (Å²) in [6.45, 7) is 10.9. The smallest absolute Gasteiger partial charge is 0.0319 e. The summed E-state index contributed by atoms with van der Waals surface area (Å²) in [5.74, 6) is 3.03. The number of rotatable bonds is 4. The number of terminal acetylenes is 1. The van der Waals surface area contributed by atoms with Gasteiger partial charge in [-0.2, -0.15) is 0 Å². The van der Waals surface area contributed by atoms with Gasteiger partial charge in [-0.05, 0) is 58.7 Å². The molecule has 124 valence electrons. The van der Waals surface area contributed by atoms with Crippen LogP contribution in [0.1, 0.15) is 53.4 Å². The number of likely N-dealkylation sites (tertiary alicyclic amines) is 1. The van der Waals surface area contributed by atoms with Crippen LogP contribution in [0.15, 0.2) is 24.3 Å². The van der Waals surface area contributed by atoms with E-state index in [0.717, 1.165) is 19.4 Å². The summed E-state index contributed by atoms with van der Waals surface area (Å²) in [6.07, 6.45) is 18.4. The Morgan fingerprint density at radius 2 is 1.57 bits per heavy atom.